The first-order valence-electron chi connectivity index (χ1n) is 24.1. The summed E-state index contributed by atoms with van der Waals surface area (Å²) >= 11 is 3.48. The Morgan fingerprint density at radius 3 is 1.44 bits per heavy atom. The van der Waals surface area contributed by atoms with Crippen molar-refractivity contribution in [3.8, 4) is 34.0 Å². The summed E-state index contributed by atoms with van der Waals surface area (Å²) in [7, 11) is 12.1. The van der Waals surface area contributed by atoms with Gasteiger partial charge in [-0.1, -0.05) is 34.1 Å². The second-order valence-corrected chi connectivity index (χ2v) is 23.3. The lowest BCUT2D eigenvalue weighted by molar-refractivity contribution is -0.384. The average Bonchev–Trinajstić information content (AvgIpc) is 3.93. The number of hydrogen-bond donors (Lipinski definition) is 2. The number of aryl methyl sites for hydroxylation is 2. The van der Waals surface area contributed by atoms with E-state index >= 15 is 0 Å². The Bertz CT molecular complexity index is 3580. The molecule has 21 nitrogen and oxygen atoms in total. The predicted octanol–water partition coefficient (Wildman–Crippen LogP) is 10.8. The molecule has 0 spiro atoms. The Balaban J connectivity index is 0.000000229. The predicted molar refractivity (Wildman–Crippen MR) is 304 cm³/mol. The molecular weight excluding hydrogens is 1120 g/mol. The van der Waals surface area contributed by atoms with E-state index in [1.54, 1.807) is 49.4 Å². The number of nitro groups is 2. The van der Waals surface area contributed by atoms with Crippen molar-refractivity contribution in [2.45, 2.75) is 13.2 Å². The van der Waals surface area contributed by atoms with Crippen LogP contribution in [-0.4, -0.2) is 144 Å². The van der Waals surface area contributed by atoms with Gasteiger partial charge in [0, 0.05) is 146 Å². The van der Waals surface area contributed by atoms with E-state index in [1.807, 2.05) is 110 Å². The van der Waals surface area contributed by atoms with Gasteiger partial charge in [-0.05, 0) is 71.9 Å². The van der Waals surface area contributed by atoms with Crippen LogP contribution in [-0.2, 0) is 18.7 Å². The summed E-state index contributed by atoms with van der Waals surface area (Å²) in [6.45, 7) is -0.835. The molecule has 0 saturated heterocycles. The summed E-state index contributed by atoms with van der Waals surface area (Å²) in [5, 5.41) is 32.1. The third-order valence-electron chi connectivity index (χ3n) is 12.5. The monoisotopic (exact) mass is 1180 g/mol. The van der Waals surface area contributed by atoms with E-state index in [0.29, 0.717) is 37.6 Å². The van der Waals surface area contributed by atoms with Gasteiger partial charge in [0.2, 0.25) is 11.9 Å². The molecule has 0 radical (unpaired) electrons. The van der Waals surface area contributed by atoms with E-state index in [1.165, 1.54) is 24.5 Å². The molecule has 8 aromatic rings. The maximum absolute atomic E-state index is 13.4. The first kappa shape index (κ1) is 58.7. The first-order valence-corrected chi connectivity index (χ1v) is 27.5. The van der Waals surface area contributed by atoms with Crippen molar-refractivity contribution in [2.24, 2.45) is 14.1 Å². The highest BCUT2D eigenvalue weighted by molar-refractivity contribution is 9.10. The normalized spacial score (nSPS) is 11.6. The molecule has 0 aliphatic rings. The molecule has 0 aliphatic carbocycles. The van der Waals surface area contributed by atoms with E-state index < -0.39 is 30.2 Å². The molecule has 4 aromatic heterocycles. The van der Waals surface area contributed by atoms with Crippen molar-refractivity contribution >= 4 is 96.2 Å². The SMILES string of the molecule is CN(C)CCN(C)c1cc(OC(F)F)c(Nc2nccc(-c3cn(C)c4cc(Br)ccc34)n2)cc1[N+](=O)[O-].CN(C)CCN(C)c1cc(OC(F)F)c(Nc2nccc(-c3cn(C)c4cc(P(C)(C)=O)ccc34)n2)cc1[N+](=O)[O-]. The van der Waals surface area contributed by atoms with Gasteiger partial charge in [-0.3, -0.25) is 20.2 Å². The van der Waals surface area contributed by atoms with Crippen LogP contribution in [0.5, 0.6) is 11.5 Å². The zero-order chi connectivity index (χ0) is 57.6. The Kier molecular flexibility index (Phi) is 18.5. The lowest BCUT2D eigenvalue weighted by atomic mass is 10.1. The van der Waals surface area contributed by atoms with Gasteiger partial charge in [-0.2, -0.15) is 17.6 Å². The fourth-order valence-corrected chi connectivity index (χ4v) is 9.61. The zero-order valence-corrected chi connectivity index (χ0v) is 47.3. The molecule has 27 heteroatoms. The number of halogens is 5. The van der Waals surface area contributed by atoms with Gasteiger partial charge in [0.05, 0.1) is 32.6 Å². The molecule has 2 N–H and O–H groups in total. The highest BCUT2D eigenvalue weighted by Crippen LogP contribution is 2.43. The van der Waals surface area contributed by atoms with Crippen molar-refractivity contribution in [1.29, 1.82) is 0 Å². The fourth-order valence-electron chi connectivity index (χ4n) is 8.39. The van der Waals surface area contributed by atoms with Crippen LogP contribution < -0.4 is 35.2 Å². The van der Waals surface area contributed by atoms with Gasteiger partial charge in [-0.15, -0.1) is 0 Å². The summed E-state index contributed by atoms with van der Waals surface area (Å²) in [6.07, 6.45) is 6.83. The second kappa shape index (κ2) is 24.8. The molecule has 4 heterocycles. The van der Waals surface area contributed by atoms with Crippen LogP contribution in [0.25, 0.3) is 44.3 Å². The van der Waals surface area contributed by atoms with Crippen molar-refractivity contribution < 1.29 is 41.4 Å². The molecular formula is C52H58BrF4N14O7P. The average molecular weight is 1180 g/mol. The van der Waals surface area contributed by atoms with Gasteiger partial charge in [0.1, 0.15) is 18.5 Å². The molecule has 0 amide bonds. The van der Waals surface area contributed by atoms with Gasteiger partial charge in [-0.25, -0.2) is 19.9 Å². The Hall–Kier alpha value is -7.93. The van der Waals surface area contributed by atoms with Crippen molar-refractivity contribution in [3.05, 3.63) is 122 Å². The maximum atomic E-state index is 13.4. The number of anilines is 6. The van der Waals surface area contributed by atoms with Crippen LogP contribution in [0.3, 0.4) is 0 Å². The number of nitrogens with zero attached hydrogens (tertiary/aromatic N) is 12. The molecule has 4 aromatic carbocycles. The van der Waals surface area contributed by atoms with Gasteiger partial charge < -0.3 is 53.4 Å². The molecule has 0 atom stereocenters. The lowest BCUT2D eigenvalue weighted by Crippen LogP contribution is -2.29. The van der Waals surface area contributed by atoms with Crippen LogP contribution >= 0.6 is 23.1 Å². The minimum Gasteiger partial charge on any atom is -0.433 e. The number of alkyl halides is 4. The molecule has 0 unspecified atom stereocenters. The quantitative estimate of drug-likeness (QED) is 0.0296. The summed E-state index contributed by atoms with van der Waals surface area (Å²) in [5.74, 6) is -0.447. The van der Waals surface area contributed by atoms with Gasteiger partial charge in [0.25, 0.3) is 11.4 Å². The minimum atomic E-state index is -3.16. The largest absolute Gasteiger partial charge is 0.433 e. The van der Waals surface area contributed by atoms with Crippen LogP contribution in [0.4, 0.5) is 63.6 Å². The molecule has 418 valence electrons. The summed E-state index contributed by atoms with van der Waals surface area (Å²) in [5.41, 5.74) is 4.16. The fraction of sp³-hybridized carbons (Fsp3) is 0.308. The summed E-state index contributed by atoms with van der Waals surface area (Å²) < 4.78 is 80.2. The Morgan fingerprint density at radius 2 is 1.05 bits per heavy atom. The molecule has 0 saturated carbocycles. The smallest absolute Gasteiger partial charge is 0.387 e. The van der Waals surface area contributed by atoms with E-state index in [2.05, 4.69) is 46.5 Å². The number of benzene rings is 4. The van der Waals surface area contributed by atoms with Crippen LogP contribution in [0, 0.1) is 20.2 Å². The van der Waals surface area contributed by atoms with Gasteiger partial charge in [0.15, 0.2) is 11.5 Å². The van der Waals surface area contributed by atoms with Crippen molar-refractivity contribution in [3.63, 3.8) is 0 Å². The highest BCUT2D eigenvalue weighted by atomic mass is 79.9. The van der Waals surface area contributed by atoms with E-state index in [4.69, 9.17) is 9.47 Å². The molecule has 0 aliphatic heterocycles. The second-order valence-electron chi connectivity index (χ2n) is 19.2. The minimum absolute atomic E-state index is 0.0323. The summed E-state index contributed by atoms with van der Waals surface area (Å²) in [4.78, 5) is 47.3. The number of nitro benzene ring substituents is 2. The molecule has 0 fully saturated rings. The molecule has 8 rings (SSSR count). The van der Waals surface area contributed by atoms with E-state index in [-0.39, 0.29) is 57.5 Å². The highest BCUT2D eigenvalue weighted by Gasteiger charge is 2.27. The number of likely N-dealkylation sites (N-methyl/N-ethyl adjacent to an activating group) is 4. The number of aromatic nitrogens is 6. The Labute approximate surface area is 460 Å². The number of rotatable bonds is 21. The third kappa shape index (κ3) is 14.4. The Morgan fingerprint density at radius 1 is 0.633 bits per heavy atom. The van der Waals surface area contributed by atoms with E-state index in [9.17, 15) is 42.4 Å². The number of ether oxygens (including phenoxy) is 2. The maximum Gasteiger partial charge on any atom is 0.387 e. The third-order valence-corrected chi connectivity index (χ3v) is 14.5. The lowest BCUT2D eigenvalue weighted by Gasteiger charge is -2.23. The molecule has 79 heavy (non-hydrogen) atoms. The van der Waals surface area contributed by atoms with Gasteiger partial charge >= 0.3 is 13.2 Å². The summed E-state index contributed by atoms with van der Waals surface area (Å²) in [6, 6.07) is 19.7. The molecule has 0 bridgehead atoms. The zero-order valence-electron chi connectivity index (χ0n) is 44.8. The topological polar surface area (TPSA) is 220 Å². The van der Waals surface area contributed by atoms with Crippen molar-refractivity contribution in [1.82, 2.24) is 38.9 Å². The van der Waals surface area contributed by atoms with Crippen LogP contribution in [0.1, 0.15) is 0 Å². The first-order chi connectivity index (χ1) is 37.3. The number of fused-ring (bicyclic) bond motifs is 2. The van der Waals surface area contributed by atoms with E-state index in [0.717, 1.165) is 54.8 Å². The number of hydrogen-bond acceptors (Lipinski definition) is 17. The number of nitrogens with one attached hydrogen (secondary N) is 2. The standard InChI is InChI=1S/C27H32F2N7O4P.C25H26BrF2N7O3/c1-33(2)11-12-34(3)23-15-25(40-26(28)29)21(14-24(23)36(37)38)32-27-30-10-9-20(31-27)19-16-35(4)22-13-17(41(5,6)39)7-8-18(19)22;1-32(2)9-10-33(3)21-13-23(38-24(27)28)19(12-22(21)35(36)37)31-25-29-8-7-18(30-25)17-14-34(4)20-11-15(26)5-6-16(17)20/h7-10,13-16,26H,11-12H2,1-6H3,(H,30,31,32);5-8,11-14,24H,9-10H2,1-4H3,(H,29,30,31). The van der Waals surface area contributed by atoms with Crippen molar-refractivity contribution in [2.75, 3.05) is 102 Å². The van der Waals surface area contributed by atoms with Crippen LogP contribution in [0.15, 0.2) is 102 Å². The van der Waals surface area contributed by atoms with Crippen LogP contribution in [0.2, 0.25) is 0 Å².